The summed E-state index contributed by atoms with van der Waals surface area (Å²) in [6.45, 7) is 5.83. The fraction of sp³-hybridized carbons (Fsp3) is 0.550. The van der Waals surface area contributed by atoms with Crippen LogP contribution < -0.4 is 10.2 Å². The average molecular weight is 497 g/mol. The van der Waals surface area contributed by atoms with Crippen molar-refractivity contribution >= 4 is 46.6 Å². The van der Waals surface area contributed by atoms with E-state index >= 15 is 0 Å². The van der Waals surface area contributed by atoms with Gasteiger partial charge in [-0.05, 0) is 25.8 Å². The first-order valence-corrected chi connectivity index (χ1v) is 12.0. The van der Waals surface area contributed by atoms with Gasteiger partial charge in [0.25, 0.3) is 5.69 Å². The van der Waals surface area contributed by atoms with E-state index in [0.717, 1.165) is 38.5 Å². The third kappa shape index (κ3) is 5.75. The molecule has 2 saturated heterocycles. The quantitative estimate of drug-likeness (QED) is 0.333. The lowest BCUT2D eigenvalue weighted by molar-refractivity contribution is -0.384. The highest BCUT2D eigenvalue weighted by Crippen LogP contribution is 2.30. The lowest BCUT2D eigenvalue weighted by Gasteiger charge is -2.28. The molecule has 33 heavy (non-hydrogen) atoms. The summed E-state index contributed by atoms with van der Waals surface area (Å²) in [7, 11) is 0. The molecule has 13 heteroatoms. The number of hydrogen-bond acceptors (Lipinski definition) is 9. The van der Waals surface area contributed by atoms with E-state index in [0.29, 0.717) is 30.6 Å². The molecule has 1 aromatic carbocycles. The normalized spacial score (nSPS) is 19.5. The fourth-order valence-electron chi connectivity index (χ4n) is 3.68. The minimum Gasteiger partial charge on any atom is -0.378 e. The van der Waals surface area contributed by atoms with Crippen molar-refractivity contribution in [1.29, 1.82) is 0 Å². The van der Waals surface area contributed by atoms with E-state index in [1.165, 1.54) is 30.0 Å². The zero-order chi connectivity index (χ0) is 23.4. The Labute approximate surface area is 199 Å². The van der Waals surface area contributed by atoms with Gasteiger partial charge in [0.15, 0.2) is 5.16 Å². The molecule has 1 N–H and O–H groups in total. The van der Waals surface area contributed by atoms with Gasteiger partial charge in [-0.1, -0.05) is 23.4 Å². The van der Waals surface area contributed by atoms with Crippen LogP contribution in [0.4, 0.5) is 17.3 Å². The molecule has 1 aromatic heterocycles. The Morgan fingerprint density at radius 2 is 2.15 bits per heavy atom. The Hall–Kier alpha value is -2.41. The molecule has 0 radical (unpaired) electrons. The summed E-state index contributed by atoms with van der Waals surface area (Å²) in [5, 5.41) is 22.6. The maximum atomic E-state index is 12.8. The van der Waals surface area contributed by atoms with E-state index in [4.69, 9.17) is 21.1 Å². The number of nitrogens with zero attached hydrogens (tertiary/aromatic N) is 5. The summed E-state index contributed by atoms with van der Waals surface area (Å²) in [6, 6.07) is 3.93. The Morgan fingerprint density at radius 1 is 1.36 bits per heavy atom. The van der Waals surface area contributed by atoms with Crippen LogP contribution in [0.2, 0.25) is 5.02 Å². The fourth-order valence-corrected chi connectivity index (χ4v) is 4.76. The number of halogens is 1. The Morgan fingerprint density at radius 3 is 2.82 bits per heavy atom. The molecule has 0 aliphatic carbocycles. The van der Waals surface area contributed by atoms with Gasteiger partial charge in [0.1, 0.15) is 0 Å². The minimum absolute atomic E-state index is 0.0863. The topological polar surface area (TPSA) is 125 Å². The van der Waals surface area contributed by atoms with Crippen molar-refractivity contribution in [3.05, 3.63) is 33.3 Å². The molecule has 4 rings (SSSR count). The third-order valence-corrected chi connectivity index (χ3v) is 6.87. The van der Waals surface area contributed by atoms with Gasteiger partial charge in [0.2, 0.25) is 11.9 Å². The van der Waals surface area contributed by atoms with Crippen LogP contribution in [0.25, 0.3) is 0 Å². The number of non-ortho nitro benzene ring substituents is 1. The average Bonchev–Trinajstić information content (AvgIpc) is 3.46. The standard InChI is InChI=1S/C20H25ClN6O5S/c1-13(18(28)22-17-5-4-14(27(29)30)11-16(17)21)33-20-24-23-19(25-6-9-31-10-7-25)26(20)12-15-3-2-8-32-15/h4-5,11,13,15H,2-3,6-10,12H2,1H3,(H,22,28). The molecule has 0 bridgehead atoms. The zero-order valence-corrected chi connectivity index (χ0v) is 19.7. The lowest BCUT2D eigenvalue weighted by Crippen LogP contribution is -2.38. The number of nitro groups is 1. The van der Waals surface area contributed by atoms with Gasteiger partial charge in [-0.25, -0.2) is 0 Å². The maximum absolute atomic E-state index is 12.8. The first-order valence-electron chi connectivity index (χ1n) is 10.7. The van der Waals surface area contributed by atoms with Crippen LogP contribution in [0, 0.1) is 10.1 Å². The Bertz CT molecular complexity index is 1010. The van der Waals surface area contributed by atoms with Gasteiger partial charge in [0.05, 0.1) is 46.7 Å². The highest BCUT2D eigenvalue weighted by molar-refractivity contribution is 8.00. The lowest BCUT2D eigenvalue weighted by atomic mass is 10.2. The highest BCUT2D eigenvalue weighted by atomic mass is 35.5. The number of hydrogen-bond donors (Lipinski definition) is 1. The van der Waals surface area contributed by atoms with Crippen LogP contribution >= 0.6 is 23.4 Å². The van der Waals surface area contributed by atoms with Crippen LogP contribution in [0.5, 0.6) is 0 Å². The van der Waals surface area contributed by atoms with Crippen molar-refractivity contribution in [3.8, 4) is 0 Å². The molecule has 0 saturated carbocycles. The summed E-state index contributed by atoms with van der Waals surface area (Å²) in [5.74, 6) is 0.456. The van der Waals surface area contributed by atoms with Crippen molar-refractivity contribution in [3.63, 3.8) is 0 Å². The molecule has 0 spiro atoms. The number of benzene rings is 1. The Balaban J connectivity index is 1.48. The predicted molar refractivity (Wildman–Crippen MR) is 124 cm³/mol. The summed E-state index contributed by atoms with van der Waals surface area (Å²) >= 11 is 7.40. The van der Waals surface area contributed by atoms with Crippen molar-refractivity contribution in [2.24, 2.45) is 0 Å². The van der Waals surface area contributed by atoms with Crippen LogP contribution in [0.1, 0.15) is 19.8 Å². The van der Waals surface area contributed by atoms with Gasteiger partial charge in [-0.3, -0.25) is 19.5 Å². The molecule has 2 aromatic rings. The van der Waals surface area contributed by atoms with E-state index in [9.17, 15) is 14.9 Å². The molecule has 2 aliphatic heterocycles. The summed E-state index contributed by atoms with van der Waals surface area (Å²) in [4.78, 5) is 25.3. The second-order valence-corrected chi connectivity index (χ2v) is 9.51. The number of amides is 1. The predicted octanol–water partition coefficient (Wildman–Crippen LogP) is 2.97. The number of nitrogens with one attached hydrogen (secondary N) is 1. The number of nitro benzene ring substituents is 1. The molecule has 178 valence electrons. The monoisotopic (exact) mass is 496 g/mol. The molecule has 2 unspecified atom stereocenters. The van der Waals surface area contributed by atoms with Crippen LogP contribution in [0.15, 0.2) is 23.4 Å². The van der Waals surface area contributed by atoms with E-state index in [1.54, 1.807) is 6.92 Å². The smallest absolute Gasteiger partial charge is 0.271 e. The van der Waals surface area contributed by atoms with E-state index in [1.807, 2.05) is 4.57 Å². The molecular weight excluding hydrogens is 472 g/mol. The second-order valence-electron chi connectivity index (χ2n) is 7.80. The number of thioether (sulfide) groups is 1. The van der Waals surface area contributed by atoms with Crippen molar-refractivity contribution in [2.45, 2.75) is 42.8 Å². The van der Waals surface area contributed by atoms with Gasteiger partial charge in [0, 0.05) is 31.8 Å². The Kier molecular flexibility index (Phi) is 7.68. The second kappa shape index (κ2) is 10.7. The minimum atomic E-state index is -0.539. The first-order chi connectivity index (χ1) is 15.9. The van der Waals surface area contributed by atoms with Crippen LogP contribution in [0.3, 0.4) is 0 Å². The molecular formula is C20H25ClN6O5S. The number of carbonyl (C=O) groups is 1. The number of morpholine rings is 1. The number of anilines is 2. The largest absolute Gasteiger partial charge is 0.378 e. The molecule has 11 nitrogen and oxygen atoms in total. The molecule has 1 amide bonds. The number of rotatable bonds is 8. The van der Waals surface area contributed by atoms with Gasteiger partial charge in [-0.2, -0.15) is 0 Å². The third-order valence-electron chi connectivity index (χ3n) is 5.47. The molecule has 2 aliphatic rings. The summed E-state index contributed by atoms with van der Waals surface area (Å²) in [5.41, 5.74) is 0.174. The van der Waals surface area contributed by atoms with Crippen LogP contribution in [-0.4, -0.2) is 69.9 Å². The molecule has 2 atom stereocenters. The van der Waals surface area contributed by atoms with Gasteiger partial charge < -0.3 is 19.7 Å². The number of aromatic nitrogens is 3. The van der Waals surface area contributed by atoms with E-state index in [-0.39, 0.29) is 22.7 Å². The van der Waals surface area contributed by atoms with Gasteiger partial charge in [-0.15, -0.1) is 10.2 Å². The van der Waals surface area contributed by atoms with Crippen molar-refractivity contribution < 1.29 is 19.2 Å². The number of carbonyl (C=O) groups excluding carboxylic acids is 1. The van der Waals surface area contributed by atoms with Gasteiger partial charge >= 0.3 is 0 Å². The van der Waals surface area contributed by atoms with E-state index in [2.05, 4.69) is 20.4 Å². The molecule has 3 heterocycles. The van der Waals surface area contributed by atoms with E-state index < -0.39 is 10.2 Å². The number of ether oxygens (including phenoxy) is 2. The summed E-state index contributed by atoms with van der Waals surface area (Å²) in [6.07, 6.45) is 2.08. The van der Waals surface area contributed by atoms with Crippen LogP contribution in [-0.2, 0) is 20.8 Å². The van der Waals surface area contributed by atoms with Crippen molar-refractivity contribution in [2.75, 3.05) is 43.1 Å². The maximum Gasteiger partial charge on any atom is 0.271 e. The first kappa shape index (κ1) is 23.7. The zero-order valence-electron chi connectivity index (χ0n) is 18.1. The highest BCUT2D eigenvalue weighted by Gasteiger charge is 2.27. The SMILES string of the molecule is CC(Sc1nnc(N2CCOCC2)n1CC1CCCO1)C(=O)Nc1ccc([N+](=O)[O-])cc1Cl. The molecule has 2 fully saturated rings. The summed E-state index contributed by atoms with van der Waals surface area (Å²) < 4.78 is 13.3. The van der Waals surface area contributed by atoms with Crippen molar-refractivity contribution in [1.82, 2.24) is 14.8 Å².